The summed E-state index contributed by atoms with van der Waals surface area (Å²) in [5.41, 5.74) is -0.135. The van der Waals surface area contributed by atoms with Crippen LogP contribution in [-0.2, 0) is 18.9 Å². The number of rotatable bonds is 5. The third-order valence-corrected chi connectivity index (χ3v) is 3.41. The van der Waals surface area contributed by atoms with Gasteiger partial charge in [0.1, 0.15) is 5.65 Å². The number of carbonyl (C=O) groups is 1. The fourth-order valence-corrected chi connectivity index (χ4v) is 2.18. The number of nitrogens with one attached hydrogen (secondary N) is 2. The summed E-state index contributed by atoms with van der Waals surface area (Å²) in [7, 11) is 4.78. The average Bonchev–Trinajstić information content (AvgIpc) is 2.51. The second-order valence-corrected chi connectivity index (χ2v) is 5.06. The Kier molecular flexibility index (Phi) is 8.66. The van der Waals surface area contributed by atoms with Gasteiger partial charge in [0.15, 0.2) is 0 Å². The molecule has 134 valence electrons. The molecule has 0 aromatic carbocycles. The van der Waals surface area contributed by atoms with Crippen LogP contribution in [0.5, 0.6) is 0 Å². The van der Waals surface area contributed by atoms with Crippen molar-refractivity contribution >= 4 is 47.4 Å². The molecule has 2 N–H and O–H groups in total. The highest BCUT2D eigenvalue weighted by molar-refractivity contribution is 5.92. The Morgan fingerprint density at radius 3 is 2.50 bits per heavy atom. The van der Waals surface area contributed by atoms with Crippen LogP contribution in [0.3, 0.4) is 0 Å². The smallest absolute Gasteiger partial charge is 0.325 e. The lowest BCUT2D eigenvalue weighted by Gasteiger charge is -2.09. The van der Waals surface area contributed by atoms with Crippen molar-refractivity contribution in [1.29, 1.82) is 0 Å². The van der Waals surface area contributed by atoms with Gasteiger partial charge in [0, 0.05) is 20.5 Å². The summed E-state index contributed by atoms with van der Waals surface area (Å²) in [4.78, 5) is 39.9. The molecular weight excluding hydrogens is 357 g/mol. The summed E-state index contributed by atoms with van der Waals surface area (Å²) in [6.07, 6.45) is 2.54. The van der Waals surface area contributed by atoms with Crippen molar-refractivity contribution in [3.8, 4) is 0 Å². The van der Waals surface area contributed by atoms with E-state index in [0.29, 0.717) is 17.8 Å². The summed E-state index contributed by atoms with van der Waals surface area (Å²) in [5.74, 6) is -0.141. The van der Waals surface area contributed by atoms with Crippen molar-refractivity contribution in [1.82, 2.24) is 19.4 Å². The van der Waals surface area contributed by atoms with Gasteiger partial charge in [-0.15, -0.1) is 24.8 Å². The van der Waals surface area contributed by atoms with E-state index in [2.05, 4.69) is 15.6 Å². The van der Waals surface area contributed by atoms with Crippen LogP contribution in [0.15, 0.2) is 21.9 Å². The number of pyridine rings is 1. The number of hydrogen-bond acceptors (Lipinski definition) is 5. The molecule has 0 unspecified atom stereocenters. The third-order valence-electron chi connectivity index (χ3n) is 3.41. The van der Waals surface area contributed by atoms with E-state index in [1.54, 1.807) is 13.1 Å². The minimum absolute atomic E-state index is 0. The van der Waals surface area contributed by atoms with Gasteiger partial charge in [0.05, 0.1) is 17.3 Å². The zero-order chi connectivity index (χ0) is 16.3. The maximum absolute atomic E-state index is 12.1. The van der Waals surface area contributed by atoms with E-state index in [9.17, 15) is 14.4 Å². The first kappa shape index (κ1) is 22.1. The van der Waals surface area contributed by atoms with Gasteiger partial charge in [0.25, 0.3) is 5.56 Å². The van der Waals surface area contributed by atoms with Crippen molar-refractivity contribution in [3.63, 3.8) is 0 Å². The van der Waals surface area contributed by atoms with Crippen molar-refractivity contribution in [2.75, 3.05) is 18.9 Å². The Morgan fingerprint density at radius 2 is 1.88 bits per heavy atom. The van der Waals surface area contributed by atoms with Crippen molar-refractivity contribution in [3.05, 3.63) is 33.1 Å². The average molecular weight is 378 g/mol. The number of aryl methyl sites for hydroxylation is 1. The fraction of sp³-hybridized carbons (Fsp3) is 0.429. The van der Waals surface area contributed by atoms with E-state index >= 15 is 0 Å². The number of carbonyl (C=O) groups excluding carboxylic acids is 1. The highest BCUT2D eigenvalue weighted by Crippen LogP contribution is 2.12. The third kappa shape index (κ3) is 4.56. The topological polar surface area (TPSA) is 98.0 Å². The number of amides is 1. The summed E-state index contributed by atoms with van der Waals surface area (Å²) in [6, 6.07) is 1.54. The predicted octanol–water partition coefficient (Wildman–Crippen LogP) is 0.414. The number of aromatic nitrogens is 3. The van der Waals surface area contributed by atoms with Crippen LogP contribution in [0.1, 0.15) is 12.8 Å². The second-order valence-electron chi connectivity index (χ2n) is 5.06. The molecule has 0 saturated carbocycles. The molecule has 0 aliphatic heterocycles. The van der Waals surface area contributed by atoms with Crippen LogP contribution >= 0.6 is 24.8 Å². The molecule has 0 aliphatic carbocycles. The molecule has 2 aromatic rings. The highest BCUT2D eigenvalue weighted by Gasteiger charge is 2.11. The molecule has 0 atom stereocenters. The largest absolute Gasteiger partial charge is 0.332 e. The molecule has 0 aliphatic rings. The minimum atomic E-state index is -0.436. The van der Waals surface area contributed by atoms with Crippen LogP contribution in [0.25, 0.3) is 11.0 Å². The molecule has 24 heavy (non-hydrogen) atoms. The number of nitrogens with zero attached hydrogens (tertiary/aromatic N) is 3. The summed E-state index contributed by atoms with van der Waals surface area (Å²) in [5, 5.41) is 5.97. The Balaban J connectivity index is 0.00000264. The fourth-order valence-electron chi connectivity index (χ4n) is 2.18. The zero-order valence-electron chi connectivity index (χ0n) is 13.7. The summed E-state index contributed by atoms with van der Waals surface area (Å²) >= 11 is 0. The molecule has 2 rings (SSSR count). The molecule has 2 aromatic heterocycles. The Morgan fingerprint density at radius 1 is 1.21 bits per heavy atom. The first-order valence-electron chi connectivity index (χ1n) is 6.96. The van der Waals surface area contributed by atoms with Crippen LogP contribution in [-0.4, -0.2) is 33.6 Å². The first-order chi connectivity index (χ1) is 10.5. The van der Waals surface area contributed by atoms with E-state index in [1.165, 1.54) is 17.8 Å². The van der Waals surface area contributed by atoms with E-state index in [-0.39, 0.29) is 36.1 Å². The lowest BCUT2D eigenvalue weighted by Crippen LogP contribution is -2.37. The number of halogens is 2. The lowest BCUT2D eigenvalue weighted by molar-refractivity contribution is -0.116. The van der Waals surface area contributed by atoms with Crippen molar-refractivity contribution in [2.45, 2.75) is 12.8 Å². The monoisotopic (exact) mass is 377 g/mol. The van der Waals surface area contributed by atoms with E-state index in [0.717, 1.165) is 17.5 Å². The maximum Gasteiger partial charge on any atom is 0.332 e. The molecule has 10 heteroatoms. The summed E-state index contributed by atoms with van der Waals surface area (Å²) in [6.45, 7) is 0.756. The molecule has 0 saturated heterocycles. The zero-order valence-corrected chi connectivity index (χ0v) is 15.3. The lowest BCUT2D eigenvalue weighted by atomic mass is 10.2. The first-order valence-corrected chi connectivity index (χ1v) is 6.96. The SMILES string of the molecule is CNCCCC(=O)Nc1cnc2c(c1)c(=O)n(C)c(=O)n2C.Cl.Cl. The molecular formula is C14H21Cl2N5O3. The van der Waals surface area contributed by atoms with Gasteiger partial charge < -0.3 is 10.6 Å². The standard InChI is InChI=1S/C14H19N5O3.2ClH/c1-15-6-4-5-11(20)17-9-7-10-12(16-8-9)18(2)14(22)19(3)13(10)21;;/h7-8,15H,4-6H2,1-3H3,(H,17,20);2*1H. The molecule has 0 radical (unpaired) electrons. The minimum Gasteiger partial charge on any atom is -0.325 e. The normalized spacial score (nSPS) is 9.96. The van der Waals surface area contributed by atoms with E-state index in [1.807, 2.05) is 7.05 Å². The Labute approximate surface area is 151 Å². The van der Waals surface area contributed by atoms with Gasteiger partial charge in [0.2, 0.25) is 5.91 Å². The van der Waals surface area contributed by atoms with E-state index < -0.39 is 11.2 Å². The quantitative estimate of drug-likeness (QED) is 0.735. The Bertz CT molecular complexity index is 831. The molecule has 0 fully saturated rings. The maximum atomic E-state index is 12.1. The van der Waals surface area contributed by atoms with E-state index in [4.69, 9.17) is 0 Å². The van der Waals surface area contributed by atoms with Crippen molar-refractivity contribution < 1.29 is 4.79 Å². The number of hydrogen-bond donors (Lipinski definition) is 2. The van der Waals surface area contributed by atoms with Gasteiger partial charge in [-0.05, 0) is 26.1 Å². The van der Waals surface area contributed by atoms with Crippen LogP contribution in [0.2, 0.25) is 0 Å². The molecule has 2 heterocycles. The van der Waals surface area contributed by atoms with Gasteiger partial charge in [-0.2, -0.15) is 0 Å². The Hall–Kier alpha value is -1.90. The van der Waals surface area contributed by atoms with Gasteiger partial charge in [-0.1, -0.05) is 0 Å². The number of fused-ring (bicyclic) bond motifs is 1. The molecule has 0 bridgehead atoms. The van der Waals surface area contributed by atoms with Crippen LogP contribution in [0.4, 0.5) is 5.69 Å². The van der Waals surface area contributed by atoms with Crippen LogP contribution < -0.4 is 21.9 Å². The van der Waals surface area contributed by atoms with Crippen molar-refractivity contribution in [2.24, 2.45) is 14.1 Å². The van der Waals surface area contributed by atoms with Gasteiger partial charge in [-0.3, -0.25) is 18.7 Å². The van der Waals surface area contributed by atoms with Crippen LogP contribution in [0, 0.1) is 0 Å². The molecule has 8 nitrogen and oxygen atoms in total. The van der Waals surface area contributed by atoms with Gasteiger partial charge in [-0.25, -0.2) is 9.78 Å². The molecule has 0 spiro atoms. The second kappa shape index (κ2) is 9.41. The predicted molar refractivity (Wildman–Crippen MR) is 98.5 cm³/mol. The van der Waals surface area contributed by atoms with Gasteiger partial charge >= 0.3 is 5.69 Å². The molecule has 1 amide bonds. The number of anilines is 1. The highest BCUT2D eigenvalue weighted by atomic mass is 35.5. The summed E-state index contributed by atoms with van der Waals surface area (Å²) < 4.78 is 2.32.